The highest BCUT2D eigenvalue weighted by Crippen LogP contribution is 2.18. The Bertz CT molecular complexity index is 1190. The van der Waals surface area contributed by atoms with Crippen LogP contribution in [0.5, 0.6) is 0 Å². The molecule has 0 radical (unpaired) electrons. The summed E-state index contributed by atoms with van der Waals surface area (Å²) in [6.07, 6.45) is 2.91. The number of aromatic nitrogens is 3. The predicted octanol–water partition coefficient (Wildman–Crippen LogP) is 2.88. The highest BCUT2D eigenvalue weighted by Gasteiger charge is 2.18. The van der Waals surface area contributed by atoms with E-state index in [0.717, 1.165) is 10.9 Å². The fraction of sp³-hybridized carbons (Fsp3) is 0.0500. The van der Waals surface area contributed by atoms with Gasteiger partial charge >= 0.3 is 0 Å². The molecule has 2 aromatic heterocycles. The van der Waals surface area contributed by atoms with Crippen molar-refractivity contribution in [1.82, 2.24) is 25.6 Å². The van der Waals surface area contributed by atoms with Gasteiger partial charge in [0.05, 0.1) is 23.0 Å². The van der Waals surface area contributed by atoms with E-state index < -0.39 is 17.6 Å². The highest BCUT2D eigenvalue weighted by molar-refractivity contribution is 6.07. The number of hydrogen-bond acceptors (Lipinski definition) is 3. The molecule has 0 fully saturated rings. The molecule has 28 heavy (non-hydrogen) atoms. The van der Waals surface area contributed by atoms with Gasteiger partial charge in [0.1, 0.15) is 11.5 Å². The van der Waals surface area contributed by atoms with E-state index in [4.69, 9.17) is 0 Å². The first kappa shape index (κ1) is 17.5. The zero-order valence-electron chi connectivity index (χ0n) is 14.9. The molecule has 0 saturated carbocycles. The summed E-state index contributed by atoms with van der Waals surface area (Å²) in [5.41, 5.74) is 6.91. The molecule has 0 aliphatic carbocycles. The number of carbonyl (C=O) groups excluding carboxylic acids is 2. The number of nitrogens with one attached hydrogen (secondary N) is 3. The van der Waals surface area contributed by atoms with Crippen molar-refractivity contribution in [2.75, 3.05) is 0 Å². The lowest BCUT2D eigenvalue weighted by Gasteiger charge is -2.08. The van der Waals surface area contributed by atoms with Gasteiger partial charge in [-0.1, -0.05) is 30.3 Å². The second kappa shape index (κ2) is 6.99. The Balaban J connectivity index is 1.50. The number of halogens is 1. The van der Waals surface area contributed by atoms with Crippen molar-refractivity contribution in [3.05, 3.63) is 83.6 Å². The van der Waals surface area contributed by atoms with Crippen LogP contribution >= 0.6 is 0 Å². The molecule has 7 nitrogen and oxygen atoms in total. The maximum absolute atomic E-state index is 14.0. The fourth-order valence-corrected chi connectivity index (χ4v) is 3.01. The van der Waals surface area contributed by atoms with Crippen LogP contribution in [0.15, 0.2) is 60.9 Å². The van der Waals surface area contributed by atoms with Crippen LogP contribution in [0.1, 0.15) is 26.4 Å². The Labute approximate surface area is 159 Å². The molecule has 0 spiro atoms. The van der Waals surface area contributed by atoms with E-state index in [1.54, 1.807) is 31.3 Å². The summed E-state index contributed by atoms with van der Waals surface area (Å²) in [6, 6.07) is 13.5. The highest BCUT2D eigenvalue weighted by atomic mass is 19.1. The third-order valence-electron chi connectivity index (χ3n) is 4.46. The SMILES string of the molecule is Cc1c(C(=O)NNC(=O)c2c[nH]c3ccccc23)cnn1-c1ccccc1F. The minimum atomic E-state index is -0.548. The zero-order valence-corrected chi connectivity index (χ0v) is 14.9. The molecule has 2 aromatic carbocycles. The standard InChI is InChI=1S/C20H16FN5O2/c1-12-14(11-23-26(12)18-9-5-3-7-16(18)21)19(27)24-25-20(28)15-10-22-17-8-4-2-6-13(15)17/h2-11,22H,1H3,(H,24,27)(H,25,28). The van der Waals surface area contributed by atoms with Gasteiger partial charge in [0.2, 0.25) is 0 Å². The molecule has 8 heteroatoms. The Hall–Kier alpha value is -3.94. The van der Waals surface area contributed by atoms with Gasteiger partial charge in [0, 0.05) is 17.1 Å². The van der Waals surface area contributed by atoms with Crippen molar-refractivity contribution >= 4 is 22.7 Å². The number of para-hydroxylation sites is 2. The molecule has 0 atom stereocenters. The number of H-pyrrole nitrogens is 1. The minimum absolute atomic E-state index is 0.225. The number of nitrogens with zero attached hydrogens (tertiary/aromatic N) is 2. The van der Waals surface area contributed by atoms with E-state index in [9.17, 15) is 14.0 Å². The molecule has 4 rings (SSSR count). The van der Waals surface area contributed by atoms with E-state index in [1.165, 1.54) is 16.9 Å². The normalized spacial score (nSPS) is 10.8. The lowest BCUT2D eigenvalue weighted by molar-refractivity contribution is 0.0847. The summed E-state index contributed by atoms with van der Waals surface area (Å²) in [6.45, 7) is 1.65. The number of amides is 2. The van der Waals surface area contributed by atoms with Crippen LogP contribution in [0.2, 0.25) is 0 Å². The molecule has 0 aliphatic rings. The van der Waals surface area contributed by atoms with Gasteiger partial charge < -0.3 is 4.98 Å². The first-order valence-corrected chi connectivity index (χ1v) is 8.52. The number of hydrogen-bond donors (Lipinski definition) is 3. The summed E-state index contributed by atoms with van der Waals surface area (Å²) >= 11 is 0. The number of rotatable bonds is 3. The average Bonchev–Trinajstić information content (AvgIpc) is 3.30. The van der Waals surface area contributed by atoms with Crippen LogP contribution in [0.4, 0.5) is 4.39 Å². The summed E-state index contributed by atoms with van der Waals surface area (Å²) in [5, 5.41) is 4.83. The van der Waals surface area contributed by atoms with Gasteiger partial charge in [-0.05, 0) is 25.1 Å². The van der Waals surface area contributed by atoms with E-state index in [1.807, 2.05) is 24.3 Å². The van der Waals surface area contributed by atoms with Crippen molar-refractivity contribution < 1.29 is 14.0 Å². The third kappa shape index (κ3) is 3.01. The molecule has 4 aromatic rings. The van der Waals surface area contributed by atoms with Crippen LogP contribution in [0.25, 0.3) is 16.6 Å². The fourth-order valence-electron chi connectivity index (χ4n) is 3.01. The number of carbonyl (C=O) groups is 2. The number of fused-ring (bicyclic) bond motifs is 1. The molecular formula is C20H16FN5O2. The molecule has 0 bridgehead atoms. The van der Waals surface area contributed by atoms with Crippen LogP contribution in [-0.2, 0) is 0 Å². The number of aromatic amines is 1. The largest absolute Gasteiger partial charge is 0.360 e. The monoisotopic (exact) mass is 377 g/mol. The Morgan fingerprint density at radius 3 is 2.46 bits per heavy atom. The van der Waals surface area contributed by atoms with Crippen LogP contribution in [-0.4, -0.2) is 26.6 Å². The number of benzene rings is 2. The van der Waals surface area contributed by atoms with Crippen molar-refractivity contribution in [1.29, 1.82) is 0 Å². The number of hydrazine groups is 1. The minimum Gasteiger partial charge on any atom is -0.360 e. The van der Waals surface area contributed by atoms with E-state index in [-0.39, 0.29) is 11.3 Å². The lowest BCUT2D eigenvalue weighted by atomic mass is 10.2. The molecule has 3 N–H and O–H groups in total. The van der Waals surface area contributed by atoms with Gasteiger partial charge in [0.15, 0.2) is 0 Å². The van der Waals surface area contributed by atoms with Crippen LogP contribution < -0.4 is 10.9 Å². The quantitative estimate of drug-likeness (QED) is 0.480. The Morgan fingerprint density at radius 2 is 1.68 bits per heavy atom. The predicted molar refractivity (Wildman–Crippen MR) is 101 cm³/mol. The first-order valence-electron chi connectivity index (χ1n) is 8.52. The molecular weight excluding hydrogens is 361 g/mol. The van der Waals surface area contributed by atoms with Gasteiger partial charge in [-0.15, -0.1) is 0 Å². The summed E-state index contributed by atoms with van der Waals surface area (Å²) < 4.78 is 15.3. The van der Waals surface area contributed by atoms with Gasteiger partial charge in [-0.3, -0.25) is 20.4 Å². The molecule has 140 valence electrons. The third-order valence-corrected chi connectivity index (χ3v) is 4.46. The molecule has 0 saturated heterocycles. The molecule has 0 aliphatic heterocycles. The van der Waals surface area contributed by atoms with Crippen molar-refractivity contribution in [3.8, 4) is 5.69 Å². The van der Waals surface area contributed by atoms with E-state index in [0.29, 0.717) is 11.3 Å². The summed E-state index contributed by atoms with van der Waals surface area (Å²) in [5.74, 6) is -1.45. The van der Waals surface area contributed by atoms with E-state index in [2.05, 4.69) is 20.9 Å². The van der Waals surface area contributed by atoms with Crippen molar-refractivity contribution in [2.45, 2.75) is 6.92 Å². The Kier molecular flexibility index (Phi) is 4.36. The molecule has 0 unspecified atom stereocenters. The zero-order chi connectivity index (χ0) is 19.7. The maximum atomic E-state index is 14.0. The van der Waals surface area contributed by atoms with Gasteiger partial charge in [-0.2, -0.15) is 5.10 Å². The molecule has 2 amide bonds. The summed E-state index contributed by atoms with van der Waals surface area (Å²) in [7, 11) is 0. The smallest absolute Gasteiger partial charge is 0.273 e. The first-order chi connectivity index (χ1) is 13.6. The second-order valence-corrected chi connectivity index (χ2v) is 6.16. The second-order valence-electron chi connectivity index (χ2n) is 6.16. The summed E-state index contributed by atoms with van der Waals surface area (Å²) in [4.78, 5) is 27.8. The van der Waals surface area contributed by atoms with Crippen molar-refractivity contribution in [2.24, 2.45) is 0 Å². The van der Waals surface area contributed by atoms with Crippen molar-refractivity contribution in [3.63, 3.8) is 0 Å². The topological polar surface area (TPSA) is 91.8 Å². The maximum Gasteiger partial charge on any atom is 0.273 e. The van der Waals surface area contributed by atoms with Crippen LogP contribution in [0, 0.1) is 12.7 Å². The average molecular weight is 377 g/mol. The van der Waals surface area contributed by atoms with Gasteiger partial charge in [0.25, 0.3) is 11.8 Å². The Morgan fingerprint density at radius 1 is 1.00 bits per heavy atom. The lowest BCUT2D eigenvalue weighted by Crippen LogP contribution is -2.41. The van der Waals surface area contributed by atoms with Gasteiger partial charge in [-0.25, -0.2) is 9.07 Å². The van der Waals surface area contributed by atoms with Crippen LogP contribution in [0.3, 0.4) is 0 Å². The van der Waals surface area contributed by atoms with E-state index >= 15 is 0 Å². The molecule has 2 heterocycles.